The van der Waals surface area contributed by atoms with E-state index in [0.29, 0.717) is 0 Å². The minimum atomic E-state index is 0.0683. The Kier molecular flexibility index (Phi) is 0.806. The second kappa shape index (κ2) is 1.50. The molecule has 2 heterocycles. The Labute approximate surface area is 53.3 Å². The van der Waals surface area contributed by atoms with E-state index in [1.807, 2.05) is 0 Å². The molecule has 0 aromatic rings. The van der Waals surface area contributed by atoms with E-state index in [1.54, 1.807) is 4.90 Å². The molecule has 0 aromatic carbocycles. The van der Waals surface area contributed by atoms with E-state index in [1.165, 1.54) is 0 Å². The van der Waals surface area contributed by atoms with Gasteiger partial charge < -0.3 is 5.32 Å². The van der Waals surface area contributed by atoms with Crippen molar-refractivity contribution in [3.8, 4) is 0 Å². The number of hydrogen-bond acceptors (Lipinski definition) is 1. The molecule has 0 aliphatic carbocycles. The monoisotopic (exact) mass is 124 g/mol. The minimum absolute atomic E-state index is 0.0683. The minimum Gasteiger partial charge on any atom is -0.332 e. The molecule has 1 fully saturated rings. The van der Waals surface area contributed by atoms with Gasteiger partial charge in [-0.1, -0.05) is 6.08 Å². The lowest BCUT2D eigenvalue weighted by atomic mass is 10.4. The summed E-state index contributed by atoms with van der Waals surface area (Å²) in [5.41, 5.74) is 1.15. The molecule has 0 unspecified atom stereocenters. The Morgan fingerprint density at radius 3 is 3.33 bits per heavy atom. The first-order chi connectivity index (χ1) is 4.38. The number of nitrogens with zero attached hydrogens (tertiary/aromatic N) is 1. The first kappa shape index (κ1) is 4.85. The van der Waals surface area contributed by atoms with Crippen molar-refractivity contribution in [2.24, 2.45) is 0 Å². The fourth-order valence-electron chi connectivity index (χ4n) is 1.28. The Bertz CT molecular complexity index is 185. The molecule has 2 aliphatic rings. The summed E-state index contributed by atoms with van der Waals surface area (Å²) in [5.74, 6) is 0. The molecule has 0 radical (unpaired) electrons. The topological polar surface area (TPSA) is 32.3 Å². The van der Waals surface area contributed by atoms with E-state index in [9.17, 15) is 4.79 Å². The highest BCUT2D eigenvalue weighted by Crippen LogP contribution is 2.17. The van der Waals surface area contributed by atoms with Crippen LogP contribution in [-0.4, -0.2) is 24.0 Å². The molecule has 2 amide bonds. The Balaban J connectivity index is 2.29. The highest BCUT2D eigenvalue weighted by atomic mass is 16.2. The van der Waals surface area contributed by atoms with Crippen molar-refractivity contribution in [2.75, 3.05) is 13.1 Å². The second-order valence-corrected chi connectivity index (χ2v) is 2.29. The van der Waals surface area contributed by atoms with Gasteiger partial charge in [-0.15, -0.1) is 0 Å². The quantitative estimate of drug-likeness (QED) is 0.495. The lowest BCUT2D eigenvalue weighted by Crippen LogP contribution is -2.25. The van der Waals surface area contributed by atoms with Gasteiger partial charge in [0.15, 0.2) is 0 Å². The van der Waals surface area contributed by atoms with E-state index >= 15 is 0 Å². The molecule has 1 N–H and O–H groups in total. The summed E-state index contributed by atoms with van der Waals surface area (Å²) < 4.78 is 0. The molecule has 0 spiro atoms. The first-order valence-electron chi connectivity index (χ1n) is 3.12. The van der Waals surface area contributed by atoms with Crippen molar-refractivity contribution >= 4 is 6.03 Å². The summed E-state index contributed by atoms with van der Waals surface area (Å²) in [6.07, 6.45) is 3.14. The SMILES string of the molecule is O=C1NCC2=CCCN12. The summed E-state index contributed by atoms with van der Waals surface area (Å²) >= 11 is 0. The van der Waals surface area contributed by atoms with Gasteiger partial charge in [-0.25, -0.2) is 4.79 Å². The maximum absolute atomic E-state index is 10.8. The van der Waals surface area contributed by atoms with Crippen LogP contribution in [0.15, 0.2) is 11.8 Å². The molecule has 1 saturated heterocycles. The third-order valence-electron chi connectivity index (χ3n) is 1.75. The molecule has 0 bridgehead atoms. The standard InChI is InChI=1S/C6H8N2O/c9-6-7-4-5-2-1-3-8(5)6/h2H,1,3-4H2,(H,7,9). The van der Waals surface area contributed by atoms with Crippen LogP contribution in [0.1, 0.15) is 6.42 Å². The van der Waals surface area contributed by atoms with Gasteiger partial charge in [0, 0.05) is 12.2 Å². The van der Waals surface area contributed by atoms with Crippen molar-refractivity contribution in [3.05, 3.63) is 11.8 Å². The van der Waals surface area contributed by atoms with Gasteiger partial charge in [-0.05, 0) is 6.42 Å². The predicted molar refractivity (Wildman–Crippen MR) is 32.8 cm³/mol. The van der Waals surface area contributed by atoms with Crippen LogP contribution in [0.3, 0.4) is 0 Å². The van der Waals surface area contributed by atoms with Gasteiger partial charge in [-0.2, -0.15) is 0 Å². The van der Waals surface area contributed by atoms with E-state index in [-0.39, 0.29) is 6.03 Å². The number of urea groups is 1. The Hall–Kier alpha value is -0.990. The summed E-state index contributed by atoms with van der Waals surface area (Å²) in [4.78, 5) is 12.6. The zero-order chi connectivity index (χ0) is 6.27. The van der Waals surface area contributed by atoms with Gasteiger partial charge in [0.05, 0.1) is 6.54 Å². The van der Waals surface area contributed by atoms with Crippen LogP contribution in [0.25, 0.3) is 0 Å². The normalized spacial score (nSPS) is 23.8. The van der Waals surface area contributed by atoms with Crippen LogP contribution in [0.2, 0.25) is 0 Å². The molecule has 48 valence electrons. The number of carbonyl (C=O) groups excluding carboxylic acids is 1. The molecule has 2 aliphatic heterocycles. The molecule has 9 heavy (non-hydrogen) atoms. The number of rotatable bonds is 0. The van der Waals surface area contributed by atoms with Gasteiger partial charge in [-0.3, -0.25) is 4.90 Å². The summed E-state index contributed by atoms with van der Waals surface area (Å²) in [7, 11) is 0. The van der Waals surface area contributed by atoms with Gasteiger partial charge in [0.25, 0.3) is 0 Å². The zero-order valence-corrected chi connectivity index (χ0v) is 5.05. The zero-order valence-electron chi connectivity index (χ0n) is 5.05. The van der Waals surface area contributed by atoms with E-state index in [0.717, 1.165) is 25.2 Å². The van der Waals surface area contributed by atoms with Crippen LogP contribution in [0, 0.1) is 0 Å². The average molecular weight is 124 g/mol. The third kappa shape index (κ3) is 0.542. The Morgan fingerprint density at radius 1 is 1.67 bits per heavy atom. The van der Waals surface area contributed by atoms with E-state index in [2.05, 4.69) is 11.4 Å². The molecular formula is C6H8N2O. The lowest BCUT2D eigenvalue weighted by Gasteiger charge is -2.06. The number of hydrogen-bond donors (Lipinski definition) is 1. The molecule has 3 nitrogen and oxygen atoms in total. The number of carbonyl (C=O) groups is 1. The largest absolute Gasteiger partial charge is 0.332 e. The fourth-order valence-corrected chi connectivity index (χ4v) is 1.28. The maximum atomic E-state index is 10.8. The van der Waals surface area contributed by atoms with Gasteiger partial charge in [0.2, 0.25) is 0 Å². The third-order valence-corrected chi connectivity index (χ3v) is 1.75. The molecule has 2 rings (SSSR count). The van der Waals surface area contributed by atoms with Crippen LogP contribution in [-0.2, 0) is 0 Å². The lowest BCUT2D eigenvalue weighted by molar-refractivity contribution is 0.226. The Morgan fingerprint density at radius 2 is 2.56 bits per heavy atom. The van der Waals surface area contributed by atoms with E-state index < -0.39 is 0 Å². The number of amides is 2. The highest BCUT2D eigenvalue weighted by molar-refractivity contribution is 5.80. The molecule has 0 saturated carbocycles. The van der Waals surface area contributed by atoms with Crippen molar-refractivity contribution in [1.82, 2.24) is 10.2 Å². The van der Waals surface area contributed by atoms with Crippen molar-refractivity contribution in [1.29, 1.82) is 0 Å². The molecule has 3 heteroatoms. The van der Waals surface area contributed by atoms with Crippen molar-refractivity contribution in [2.45, 2.75) is 6.42 Å². The highest BCUT2D eigenvalue weighted by Gasteiger charge is 2.27. The molecule has 0 atom stereocenters. The summed E-state index contributed by atoms with van der Waals surface area (Å²) in [5, 5.41) is 2.74. The maximum Gasteiger partial charge on any atom is 0.321 e. The average Bonchev–Trinajstić information content (AvgIpc) is 2.35. The summed E-state index contributed by atoms with van der Waals surface area (Å²) in [6.45, 7) is 1.61. The van der Waals surface area contributed by atoms with Gasteiger partial charge in [0.1, 0.15) is 0 Å². The smallest absolute Gasteiger partial charge is 0.321 e. The van der Waals surface area contributed by atoms with Crippen LogP contribution < -0.4 is 5.32 Å². The number of fused-ring (bicyclic) bond motifs is 1. The number of nitrogens with one attached hydrogen (secondary N) is 1. The molecular weight excluding hydrogens is 116 g/mol. The predicted octanol–water partition coefficient (Wildman–Crippen LogP) is 0.299. The van der Waals surface area contributed by atoms with Crippen LogP contribution in [0.5, 0.6) is 0 Å². The summed E-state index contributed by atoms with van der Waals surface area (Å²) in [6, 6.07) is 0.0683. The first-order valence-corrected chi connectivity index (χ1v) is 3.12. The van der Waals surface area contributed by atoms with Crippen molar-refractivity contribution in [3.63, 3.8) is 0 Å². The second-order valence-electron chi connectivity index (χ2n) is 2.29. The van der Waals surface area contributed by atoms with Crippen molar-refractivity contribution < 1.29 is 4.79 Å². The molecule has 0 aromatic heterocycles. The van der Waals surface area contributed by atoms with Crippen LogP contribution >= 0.6 is 0 Å². The van der Waals surface area contributed by atoms with Gasteiger partial charge >= 0.3 is 6.03 Å². The van der Waals surface area contributed by atoms with E-state index in [4.69, 9.17) is 0 Å². The van der Waals surface area contributed by atoms with Crippen LogP contribution in [0.4, 0.5) is 4.79 Å². The fraction of sp³-hybridized carbons (Fsp3) is 0.500.